The molecule has 3 rings (SSSR count). The number of hydrogen-bond acceptors (Lipinski definition) is 3. The molecule has 1 saturated carbocycles. The fraction of sp³-hybridized carbons (Fsp3) is 0.391. The monoisotopic (exact) mass is 385 g/mol. The number of ether oxygens (including phenoxy) is 1. The molecule has 0 saturated heterocycles. The van der Waals surface area contributed by atoms with Gasteiger partial charge in [0.25, 0.3) is 0 Å². The van der Waals surface area contributed by atoms with Crippen molar-refractivity contribution < 1.29 is 18.3 Å². The third-order valence-corrected chi connectivity index (χ3v) is 5.52. The van der Waals surface area contributed by atoms with E-state index in [4.69, 9.17) is 4.74 Å². The molecule has 1 aliphatic carbocycles. The lowest BCUT2D eigenvalue weighted by Gasteiger charge is -2.28. The average molecular weight is 385 g/mol. The van der Waals surface area contributed by atoms with E-state index in [9.17, 15) is 13.6 Å². The Morgan fingerprint density at radius 1 is 1.11 bits per heavy atom. The van der Waals surface area contributed by atoms with Crippen LogP contribution in [0.4, 0.5) is 14.5 Å². The van der Waals surface area contributed by atoms with Gasteiger partial charge in [0.15, 0.2) is 11.6 Å². The fourth-order valence-electron chi connectivity index (χ4n) is 4.00. The van der Waals surface area contributed by atoms with Crippen LogP contribution < -0.4 is 4.74 Å². The van der Waals surface area contributed by atoms with Gasteiger partial charge in [0.1, 0.15) is 11.4 Å². The van der Waals surface area contributed by atoms with E-state index in [0.29, 0.717) is 11.5 Å². The molecule has 0 spiro atoms. The predicted octanol–water partition coefficient (Wildman–Crippen LogP) is 6.59. The molecular formula is C23H25F2NO2. The van der Waals surface area contributed by atoms with E-state index >= 15 is 0 Å². The minimum Gasteiger partial charge on any atom is -0.423 e. The lowest BCUT2D eigenvalue weighted by atomic mass is 9.77. The summed E-state index contributed by atoms with van der Waals surface area (Å²) in [5.74, 6) is -1.33. The Morgan fingerprint density at radius 3 is 2.25 bits per heavy atom. The van der Waals surface area contributed by atoms with Crippen LogP contribution in [0.2, 0.25) is 0 Å². The van der Waals surface area contributed by atoms with Crippen molar-refractivity contribution in [2.45, 2.75) is 51.4 Å². The summed E-state index contributed by atoms with van der Waals surface area (Å²) in [6.45, 7) is 5.35. The van der Waals surface area contributed by atoms with E-state index in [2.05, 4.69) is 18.6 Å². The maximum atomic E-state index is 13.7. The molecule has 148 valence electrons. The van der Waals surface area contributed by atoms with Crippen molar-refractivity contribution in [1.29, 1.82) is 0 Å². The second-order valence-electron chi connectivity index (χ2n) is 7.41. The third-order valence-electron chi connectivity index (χ3n) is 5.52. The molecule has 0 bridgehead atoms. The molecule has 2 aromatic carbocycles. The molecule has 0 radical (unpaired) electrons. The predicted molar refractivity (Wildman–Crippen MR) is 107 cm³/mol. The van der Waals surface area contributed by atoms with Crippen molar-refractivity contribution in [1.82, 2.24) is 0 Å². The highest BCUT2D eigenvalue weighted by Crippen LogP contribution is 2.37. The summed E-state index contributed by atoms with van der Waals surface area (Å²) in [5.41, 5.74) is 1.08. The fourth-order valence-corrected chi connectivity index (χ4v) is 4.00. The molecule has 2 aromatic rings. The highest BCUT2D eigenvalue weighted by atomic mass is 19.1. The molecule has 0 N–H and O–H groups in total. The van der Waals surface area contributed by atoms with Crippen molar-refractivity contribution in [2.75, 3.05) is 0 Å². The molecule has 0 aliphatic heterocycles. The van der Waals surface area contributed by atoms with E-state index in [-0.39, 0.29) is 5.75 Å². The first-order chi connectivity index (χ1) is 13.5. The summed E-state index contributed by atoms with van der Waals surface area (Å²) in [4.78, 5) is 15.6. The van der Waals surface area contributed by atoms with Crippen LogP contribution in [-0.2, 0) is 0 Å². The molecule has 0 atom stereocenters. The van der Waals surface area contributed by atoms with Gasteiger partial charge in [0.05, 0.1) is 5.56 Å². The SMILES string of the molecule is C=Nc1c(F)cc(OC(=O)c2ccc(C3CCC(CCC)CC3)cc2)cc1F. The molecule has 1 fully saturated rings. The van der Waals surface area contributed by atoms with Crippen LogP contribution in [-0.4, -0.2) is 12.7 Å². The minimum atomic E-state index is -0.924. The molecule has 3 nitrogen and oxygen atoms in total. The Kier molecular flexibility index (Phi) is 6.55. The van der Waals surface area contributed by atoms with E-state index < -0.39 is 23.3 Å². The van der Waals surface area contributed by atoms with Gasteiger partial charge >= 0.3 is 5.97 Å². The summed E-state index contributed by atoms with van der Waals surface area (Å²) < 4.78 is 32.6. The summed E-state index contributed by atoms with van der Waals surface area (Å²) >= 11 is 0. The molecular weight excluding hydrogens is 360 g/mol. The minimum absolute atomic E-state index is 0.203. The number of halogens is 2. The smallest absolute Gasteiger partial charge is 0.343 e. The van der Waals surface area contributed by atoms with E-state index in [1.165, 1.54) is 44.1 Å². The Hall–Kier alpha value is -2.56. The van der Waals surface area contributed by atoms with Gasteiger partial charge in [-0.2, -0.15) is 0 Å². The van der Waals surface area contributed by atoms with Crippen molar-refractivity contribution in [3.63, 3.8) is 0 Å². The standard InChI is InChI=1S/C23H25F2NO2/c1-3-4-15-5-7-16(8-6-15)17-9-11-18(12-10-17)23(27)28-19-13-20(24)22(26-2)21(25)14-19/h9-16H,2-8H2,1H3. The van der Waals surface area contributed by atoms with Crippen LogP contribution in [0.15, 0.2) is 41.4 Å². The van der Waals surface area contributed by atoms with E-state index in [0.717, 1.165) is 18.1 Å². The quantitative estimate of drug-likeness (QED) is 0.320. The molecule has 0 aromatic heterocycles. The van der Waals surface area contributed by atoms with Gasteiger partial charge in [-0.25, -0.2) is 13.6 Å². The number of benzene rings is 2. The second kappa shape index (κ2) is 9.09. The first-order valence-electron chi connectivity index (χ1n) is 9.79. The van der Waals surface area contributed by atoms with Crippen LogP contribution in [0.3, 0.4) is 0 Å². The Morgan fingerprint density at radius 2 is 1.71 bits per heavy atom. The van der Waals surface area contributed by atoms with Crippen LogP contribution in [0.5, 0.6) is 5.75 Å². The molecule has 0 amide bonds. The van der Waals surface area contributed by atoms with Crippen LogP contribution in [0.1, 0.15) is 67.3 Å². The zero-order valence-corrected chi connectivity index (χ0v) is 16.1. The first-order valence-corrected chi connectivity index (χ1v) is 9.79. The van der Waals surface area contributed by atoms with Gasteiger partial charge < -0.3 is 4.74 Å². The maximum absolute atomic E-state index is 13.7. The maximum Gasteiger partial charge on any atom is 0.343 e. The largest absolute Gasteiger partial charge is 0.423 e. The van der Waals surface area contributed by atoms with Crippen molar-refractivity contribution >= 4 is 18.4 Å². The molecule has 1 aliphatic rings. The van der Waals surface area contributed by atoms with Gasteiger partial charge in [0, 0.05) is 12.1 Å². The zero-order chi connectivity index (χ0) is 20.1. The number of carbonyl (C=O) groups is 1. The highest BCUT2D eigenvalue weighted by molar-refractivity contribution is 5.91. The summed E-state index contributed by atoms with van der Waals surface area (Å²) in [7, 11) is 0. The Balaban J connectivity index is 1.64. The van der Waals surface area contributed by atoms with Crippen molar-refractivity contribution in [2.24, 2.45) is 10.9 Å². The normalized spacial score (nSPS) is 19.2. The zero-order valence-electron chi connectivity index (χ0n) is 16.1. The third kappa shape index (κ3) is 4.64. The summed E-state index contributed by atoms with van der Waals surface area (Å²) in [6, 6.07) is 9.17. The van der Waals surface area contributed by atoms with Gasteiger partial charge in [-0.05, 0) is 61.9 Å². The van der Waals surface area contributed by atoms with Crippen molar-refractivity contribution in [3.8, 4) is 5.75 Å². The lowest BCUT2D eigenvalue weighted by molar-refractivity contribution is 0.0734. The number of esters is 1. The number of nitrogens with zero attached hydrogens (tertiary/aromatic N) is 1. The van der Waals surface area contributed by atoms with Gasteiger partial charge in [-0.15, -0.1) is 0 Å². The van der Waals surface area contributed by atoms with Gasteiger partial charge in [-0.1, -0.05) is 31.9 Å². The Bertz CT molecular complexity index is 817. The molecule has 0 heterocycles. The summed E-state index contributed by atoms with van der Waals surface area (Å²) in [5, 5.41) is 0. The van der Waals surface area contributed by atoms with Gasteiger partial charge in [-0.3, -0.25) is 4.99 Å². The molecule has 5 heteroatoms. The van der Waals surface area contributed by atoms with Gasteiger partial charge in [0.2, 0.25) is 0 Å². The Labute approximate surface area is 164 Å². The number of aliphatic imine (C=N–C) groups is 1. The molecule has 0 unspecified atom stereocenters. The number of carbonyl (C=O) groups excluding carboxylic acids is 1. The number of rotatable bonds is 6. The van der Waals surface area contributed by atoms with Crippen molar-refractivity contribution in [3.05, 3.63) is 59.2 Å². The first kappa shape index (κ1) is 20.2. The summed E-state index contributed by atoms with van der Waals surface area (Å²) in [6.07, 6.45) is 7.42. The van der Waals surface area contributed by atoms with Crippen LogP contribution in [0, 0.1) is 17.6 Å². The van der Waals surface area contributed by atoms with Crippen LogP contribution in [0.25, 0.3) is 0 Å². The second-order valence-corrected chi connectivity index (χ2v) is 7.41. The van der Waals surface area contributed by atoms with E-state index in [1.807, 2.05) is 12.1 Å². The van der Waals surface area contributed by atoms with Crippen LogP contribution >= 0.6 is 0 Å². The number of hydrogen-bond donors (Lipinski definition) is 0. The topological polar surface area (TPSA) is 38.7 Å². The highest BCUT2D eigenvalue weighted by Gasteiger charge is 2.22. The molecule has 28 heavy (non-hydrogen) atoms. The lowest BCUT2D eigenvalue weighted by Crippen LogP contribution is -2.13. The van der Waals surface area contributed by atoms with E-state index in [1.54, 1.807) is 12.1 Å². The average Bonchev–Trinajstić information content (AvgIpc) is 2.69.